The minimum atomic E-state index is 0.190. The monoisotopic (exact) mass is 238 g/mol. The molecule has 0 aliphatic carbocycles. The van der Waals surface area contributed by atoms with Crippen LogP contribution in [0, 0.1) is 11.3 Å². The Balaban J connectivity index is 2.39. The van der Waals surface area contributed by atoms with Crippen molar-refractivity contribution in [3.63, 3.8) is 0 Å². The highest BCUT2D eigenvalue weighted by molar-refractivity contribution is 5.80. The second-order valence-electron chi connectivity index (χ2n) is 5.98. The van der Waals surface area contributed by atoms with E-state index in [4.69, 9.17) is 0 Å². The summed E-state index contributed by atoms with van der Waals surface area (Å²) in [6, 6.07) is 0. The van der Waals surface area contributed by atoms with Crippen LogP contribution in [0.5, 0.6) is 0 Å². The zero-order valence-electron chi connectivity index (χ0n) is 11.4. The number of rotatable bonds is 5. The van der Waals surface area contributed by atoms with Gasteiger partial charge in [-0.05, 0) is 23.0 Å². The molecule has 0 saturated carbocycles. The smallest absolute Gasteiger partial charge is 0.182 e. The van der Waals surface area contributed by atoms with Crippen molar-refractivity contribution in [3.05, 3.63) is 5.82 Å². The van der Waals surface area contributed by atoms with E-state index < -0.39 is 0 Å². The van der Waals surface area contributed by atoms with Crippen molar-refractivity contribution in [2.75, 3.05) is 0 Å². The lowest BCUT2D eigenvalue weighted by Crippen LogP contribution is -2.15. The number of carbonyl (C=O) groups is 1. The molecule has 0 bridgehead atoms. The van der Waals surface area contributed by atoms with Crippen LogP contribution in [0.15, 0.2) is 0 Å². The van der Waals surface area contributed by atoms with Gasteiger partial charge < -0.3 is 0 Å². The van der Waals surface area contributed by atoms with Gasteiger partial charge in [-0.25, -0.2) is 0 Å². The van der Waals surface area contributed by atoms with Gasteiger partial charge >= 0.3 is 0 Å². The molecule has 1 aromatic rings. The first-order valence-electron chi connectivity index (χ1n) is 6.01. The number of aryl methyl sites for hydroxylation is 1. The van der Waals surface area contributed by atoms with E-state index in [1.165, 1.54) is 4.80 Å². The van der Waals surface area contributed by atoms with E-state index in [1.54, 1.807) is 7.05 Å². The zero-order chi connectivity index (χ0) is 13.1. The van der Waals surface area contributed by atoms with E-state index in [-0.39, 0.29) is 11.2 Å². The second-order valence-corrected chi connectivity index (χ2v) is 5.98. The standard InChI is InChI=1S/C12H22N4O/c1-9(8-12(2,3)4)6-10(17)7-11-13-15-16(5)14-11/h9H,6-8H2,1-5H3. The van der Waals surface area contributed by atoms with E-state index in [0.717, 1.165) is 6.42 Å². The average molecular weight is 238 g/mol. The molecule has 0 N–H and O–H groups in total. The Morgan fingerprint density at radius 1 is 1.41 bits per heavy atom. The molecule has 1 rings (SSSR count). The number of nitrogens with zero attached hydrogens (tertiary/aromatic N) is 4. The number of carbonyl (C=O) groups excluding carboxylic acids is 1. The molecule has 0 fully saturated rings. The maximum absolute atomic E-state index is 11.8. The summed E-state index contributed by atoms with van der Waals surface area (Å²) < 4.78 is 0. The van der Waals surface area contributed by atoms with Gasteiger partial charge in [-0.2, -0.15) is 4.80 Å². The minimum Gasteiger partial charge on any atom is -0.299 e. The minimum absolute atomic E-state index is 0.190. The zero-order valence-corrected chi connectivity index (χ0v) is 11.4. The van der Waals surface area contributed by atoms with Crippen LogP contribution in [0.3, 0.4) is 0 Å². The van der Waals surface area contributed by atoms with E-state index in [0.29, 0.717) is 24.6 Å². The van der Waals surface area contributed by atoms with Crippen LogP contribution in [-0.4, -0.2) is 26.0 Å². The van der Waals surface area contributed by atoms with Crippen LogP contribution in [0.25, 0.3) is 0 Å². The van der Waals surface area contributed by atoms with Gasteiger partial charge in [0.2, 0.25) is 0 Å². The molecule has 0 aliphatic rings. The molecule has 5 nitrogen and oxygen atoms in total. The predicted molar refractivity (Wildman–Crippen MR) is 65.4 cm³/mol. The second kappa shape index (κ2) is 5.38. The van der Waals surface area contributed by atoms with Gasteiger partial charge in [0.15, 0.2) is 5.82 Å². The molecule has 1 heterocycles. The largest absolute Gasteiger partial charge is 0.299 e. The molecule has 17 heavy (non-hydrogen) atoms. The van der Waals surface area contributed by atoms with Crippen LogP contribution in [0.2, 0.25) is 0 Å². The topological polar surface area (TPSA) is 60.7 Å². The lowest BCUT2D eigenvalue weighted by molar-refractivity contribution is -0.119. The third kappa shape index (κ3) is 5.56. The Kier molecular flexibility index (Phi) is 4.37. The number of hydrogen-bond donors (Lipinski definition) is 0. The van der Waals surface area contributed by atoms with Crippen molar-refractivity contribution in [1.82, 2.24) is 20.2 Å². The van der Waals surface area contributed by atoms with Crippen molar-refractivity contribution in [2.45, 2.75) is 47.0 Å². The maximum atomic E-state index is 11.8. The molecule has 5 heteroatoms. The summed E-state index contributed by atoms with van der Waals surface area (Å²) in [5.74, 6) is 1.11. The van der Waals surface area contributed by atoms with Crippen molar-refractivity contribution in [2.24, 2.45) is 18.4 Å². The van der Waals surface area contributed by atoms with Crippen LogP contribution >= 0.6 is 0 Å². The summed E-state index contributed by atoms with van der Waals surface area (Å²) in [6.07, 6.45) is 1.94. The SMILES string of the molecule is CC(CC(=O)Cc1nnn(C)n1)CC(C)(C)C. The first-order chi connectivity index (χ1) is 7.76. The number of aromatic nitrogens is 4. The van der Waals surface area contributed by atoms with Gasteiger partial charge in [-0.3, -0.25) is 4.79 Å². The van der Waals surface area contributed by atoms with Crippen LogP contribution < -0.4 is 0 Å². The molecule has 96 valence electrons. The van der Waals surface area contributed by atoms with Gasteiger partial charge in [0.25, 0.3) is 0 Å². The van der Waals surface area contributed by atoms with E-state index >= 15 is 0 Å². The Bertz CT molecular complexity index is 378. The van der Waals surface area contributed by atoms with Gasteiger partial charge in [0, 0.05) is 6.42 Å². The third-order valence-corrected chi connectivity index (χ3v) is 2.44. The van der Waals surface area contributed by atoms with Crippen molar-refractivity contribution >= 4 is 5.78 Å². The first-order valence-corrected chi connectivity index (χ1v) is 6.01. The van der Waals surface area contributed by atoms with Gasteiger partial charge in [-0.15, -0.1) is 10.2 Å². The molecule has 1 atom stereocenters. The van der Waals surface area contributed by atoms with E-state index in [2.05, 4.69) is 43.1 Å². The molecule has 0 amide bonds. The molecule has 0 aliphatic heterocycles. The summed E-state index contributed by atoms with van der Waals surface area (Å²) in [4.78, 5) is 13.2. The maximum Gasteiger partial charge on any atom is 0.182 e. The van der Waals surface area contributed by atoms with E-state index in [1.807, 2.05) is 0 Å². The molecular weight excluding hydrogens is 216 g/mol. The average Bonchev–Trinajstić information content (AvgIpc) is 2.46. The molecule has 0 saturated heterocycles. The Hall–Kier alpha value is -1.26. The van der Waals surface area contributed by atoms with Crippen LogP contribution in [-0.2, 0) is 18.3 Å². The predicted octanol–water partition coefficient (Wildman–Crippen LogP) is 1.78. The van der Waals surface area contributed by atoms with Crippen molar-refractivity contribution in [3.8, 4) is 0 Å². The molecule has 1 unspecified atom stereocenters. The first kappa shape index (κ1) is 13.8. The number of Topliss-reactive ketones (excluding diaryl/α,β-unsaturated/α-hetero) is 1. The quantitative estimate of drug-likeness (QED) is 0.784. The Morgan fingerprint density at radius 2 is 2.06 bits per heavy atom. The fourth-order valence-corrected chi connectivity index (χ4v) is 2.15. The molecule has 0 radical (unpaired) electrons. The molecular formula is C12H22N4O. The summed E-state index contributed by atoms with van der Waals surface area (Å²) in [5.41, 5.74) is 0.268. The molecule has 1 aromatic heterocycles. The third-order valence-electron chi connectivity index (χ3n) is 2.44. The fraction of sp³-hybridized carbons (Fsp3) is 0.833. The number of hydrogen-bond acceptors (Lipinski definition) is 4. The highest BCUT2D eigenvalue weighted by atomic mass is 16.1. The van der Waals surface area contributed by atoms with E-state index in [9.17, 15) is 4.79 Å². The van der Waals surface area contributed by atoms with Crippen molar-refractivity contribution in [1.29, 1.82) is 0 Å². The van der Waals surface area contributed by atoms with Crippen LogP contribution in [0.4, 0.5) is 0 Å². The highest BCUT2D eigenvalue weighted by Gasteiger charge is 2.18. The van der Waals surface area contributed by atoms with Gasteiger partial charge in [0.05, 0.1) is 13.5 Å². The van der Waals surface area contributed by atoms with Gasteiger partial charge in [-0.1, -0.05) is 27.7 Å². The molecule has 0 spiro atoms. The summed E-state index contributed by atoms with van der Waals surface area (Å²) in [5, 5.41) is 11.5. The Morgan fingerprint density at radius 3 is 2.53 bits per heavy atom. The lowest BCUT2D eigenvalue weighted by Gasteiger charge is -2.22. The highest BCUT2D eigenvalue weighted by Crippen LogP contribution is 2.26. The van der Waals surface area contributed by atoms with Crippen molar-refractivity contribution < 1.29 is 4.79 Å². The number of ketones is 1. The summed E-state index contributed by atoms with van der Waals surface area (Å²) >= 11 is 0. The normalized spacial score (nSPS) is 13.7. The Labute approximate surface area is 103 Å². The summed E-state index contributed by atoms with van der Waals surface area (Å²) in [6.45, 7) is 8.70. The fourth-order valence-electron chi connectivity index (χ4n) is 2.15. The lowest BCUT2D eigenvalue weighted by atomic mass is 9.83. The van der Waals surface area contributed by atoms with Crippen LogP contribution in [0.1, 0.15) is 46.4 Å². The summed E-state index contributed by atoms with van der Waals surface area (Å²) in [7, 11) is 1.70. The van der Waals surface area contributed by atoms with Gasteiger partial charge in [0.1, 0.15) is 5.78 Å². The molecule has 0 aromatic carbocycles. The number of tetrazole rings is 1.